The summed E-state index contributed by atoms with van der Waals surface area (Å²) in [5.41, 5.74) is 3.31. The highest BCUT2D eigenvalue weighted by atomic mass is 16.2. The second kappa shape index (κ2) is 10.5. The Morgan fingerprint density at radius 1 is 1.04 bits per heavy atom. The lowest BCUT2D eigenvalue weighted by Gasteiger charge is -2.29. The zero-order valence-electron chi connectivity index (χ0n) is 16.6. The number of carbonyl (C=O) groups excluding carboxylic acids is 2. The third-order valence-corrected chi connectivity index (χ3v) is 4.62. The predicted molar refractivity (Wildman–Crippen MR) is 109 cm³/mol. The van der Waals surface area contributed by atoms with Crippen molar-refractivity contribution in [2.45, 2.75) is 52.6 Å². The van der Waals surface area contributed by atoms with E-state index >= 15 is 0 Å². The van der Waals surface area contributed by atoms with Crippen LogP contribution in [-0.2, 0) is 22.6 Å². The van der Waals surface area contributed by atoms with Crippen molar-refractivity contribution in [3.05, 3.63) is 71.3 Å². The van der Waals surface area contributed by atoms with E-state index in [0.29, 0.717) is 25.9 Å². The highest BCUT2D eigenvalue weighted by Crippen LogP contribution is 2.14. The standard InChI is InChI=1S/C23H30N2O2/c1-4-15-24-23(27)19(3)25(17-21-12-8-9-18(2)16-21)22(26)14-13-20-10-6-5-7-11-20/h5-12,16,19H,4,13-15,17H2,1-3H3,(H,24,27)/t19-/m1/s1. The largest absolute Gasteiger partial charge is 0.354 e. The molecule has 0 aliphatic carbocycles. The van der Waals surface area contributed by atoms with Gasteiger partial charge in [0.1, 0.15) is 6.04 Å². The number of nitrogens with one attached hydrogen (secondary N) is 1. The smallest absolute Gasteiger partial charge is 0.242 e. The lowest BCUT2D eigenvalue weighted by Crippen LogP contribution is -2.47. The number of carbonyl (C=O) groups is 2. The summed E-state index contributed by atoms with van der Waals surface area (Å²) in [7, 11) is 0. The van der Waals surface area contributed by atoms with Crippen molar-refractivity contribution in [2.75, 3.05) is 6.54 Å². The molecule has 2 amide bonds. The Hall–Kier alpha value is -2.62. The highest BCUT2D eigenvalue weighted by Gasteiger charge is 2.25. The summed E-state index contributed by atoms with van der Waals surface area (Å²) in [6.45, 7) is 6.92. The molecule has 27 heavy (non-hydrogen) atoms. The Labute approximate surface area is 162 Å². The molecule has 0 radical (unpaired) electrons. The van der Waals surface area contributed by atoms with Crippen LogP contribution in [0.2, 0.25) is 0 Å². The average molecular weight is 367 g/mol. The van der Waals surface area contributed by atoms with Crippen LogP contribution < -0.4 is 5.32 Å². The molecule has 0 unspecified atom stereocenters. The number of aryl methyl sites for hydroxylation is 2. The highest BCUT2D eigenvalue weighted by molar-refractivity contribution is 5.87. The van der Waals surface area contributed by atoms with E-state index in [1.165, 1.54) is 0 Å². The molecule has 0 heterocycles. The second-order valence-corrected chi connectivity index (χ2v) is 6.96. The molecular weight excluding hydrogens is 336 g/mol. The summed E-state index contributed by atoms with van der Waals surface area (Å²) in [5, 5.41) is 2.91. The average Bonchev–Trinajstić information content (AvgIpc) is 2.68. The third-order valence-electron chi connectivity index (χ3n) is 4.62. The minimum absolute atomic E-state index is 0.000456. The van der Waals surface area contributed by atoms with Gasteiger partial charge in [0.05, 0.1) is 0 Å². The number of hydrogen-bond donors (Lipinski definition) is 1. The van der Waals surface area contributed by atoms with Gasteiger partial charge >= 0.3 is 0 Å². The van der Waals surface area contributed by atoms with Crippen molar-refractivity contribution < 1.29 is 9.59 Å². The molecule has 0 aliphatic rings. The first kappa shape index (κ1) is 20.7. The van der Waals surface area contributed by atoms with Crippen LogP contribution in [0.5, 0.6) is 0 Å². The van der Waals surface area contributed by atoms with E-state index in [2.05, 4.69) is 11.4 Å². The molecule has 0 saturated carbocycles. The van der Waals surface area contributed by atoms with E-state index < -0.39 is 6.04 Å². The number of nitrogens with zero attached hydrogens (tertiary/aromatic N) is 1. The molecule has 0 spiro atoms. The number of hydrogen-bond acceptors (Lipinski definition) is 2. The zero-order chi connectivity index (χ0) is 19.6. The zero-order valence-corrected chi connectivity index (χ0v) is 16.6. The van der Waals surface area contributed by atoms with Crippen molar-refractivity contribution >= 4 is 11.8 Å². The minimum atomic E-state index is -0.500. The van der Waals surface area contributed by atoms with Crippen molar-refractivity contribution in [2.24, 2.45) is 0 Å². The minimum Gasteiger partial charge on any atom is -0.354 e. The van der Waals surface area contributed by atoms with Crippen LogP contribution in [0.25, 0.3) is 0 Å². The molecule has 0 fully saturated rings. The summed E-state index contributed by atoms with van der Waals surface area (Å²) in [6.07, 6.45) is 1.94. The maximum absolute atomic E-state index is 13.0. The fourth-order valence-corrected chi connectivity index (χ4v) is 3.03. The van der Waals surface area contributed by atoms with Crippen molar-refractivity contribution in [1.29, 1.82) is 0 Å². The normalized spacial score (nSPS) is 11.7. The van der Waals surface area contributed by atoms with Gasteiger partial charge in [-0.1, -0.05) is 67.1 Å². The van der Waals surface area contributed by atoms with Gasteiger partial charge in [0.2, 0.25) is 11.8 Å². The van der Waals surface area contributed by atoms with E-state index in [4.69, 9.17) is 0 Å². The molecule has 2 aromatic rings. The Morgan fingerprint density at radius 2 is 1.74 bits per heavy atom. The Bertz CT molecular complexity index is 743. The van der Waals surface area contributed by atoms with Gasteiger partial charge in [-0.15, -0.1) is 0 Å². The fourth-order valence-electron chi connectivity index (χ4n) is 3.03. The molecule has 0 bridgehead atoms. The monoisotopic (exact) mass is 366 g/mol. The maximum Gasteiger partial charge on any atom is 0.242 e. The number of benzene rings is 2. The Kier molecular flexibility index (Phi) is 8.05. The van der Waals surface area contributed by atoms with E-state index in [-0.39, 0.29) is 11.8 Å². The molecule has 0 aliphatic heterocycles. The predicted octanol–water partition coefficient (Wildman–Crippen LogP) is 3.87. The first-order valence-electron chi connectivity index (χ1n) is 9.68. The summed E-state index contributed by atoms with van der Waals surface area (Å²) in [4.78, 5) is 27.1. The molecule has 4 heteroatoms. The molecule has 144 valence electrons. The lowest BCUT2D eigenvalue weighted by atomic mass is 10.1. The molecule has 2 aromatic carbocycles. The quantitative estimate of drug-likeness (QED) is 0.732. The first-order chi connectivity index (χ1) is 13.0. The van der Waals surface area contributed by atoms with E-state index in [1.54, 1.807) is 11.8 Å². The van der Waals surface area contributed by atoms with Gasteiger partial charge in [0.25, 0.3) is 0 Å². The number of amides is 2. The van der Waals surface area contributed by atoms with Crippen LogP contribution in [0.15, 0.2) is 54.6 Å². The maximum atomic E-state index is 13.0. The fraction of sp³-hybridized carbons (Fsp3) is 0.391. The van der Waals surface area contributed by atoms with Crippen LogP contribution in [-0.4, -0.2) is 29.3 Å². The molecule has 4 nitrogen and oxygen atoms in total. The summed E-state index contributed by atoms with van der Waals surface area (Å²) >= 11 is 0. The third kappa shape index (κ3) is 6.55. The topological polar surface area (TPSA) is 49.4 Å². The van der Waals surface area contributed by atoms with Crippen molar-refractivity contribution in [1.82, 2.24) is 10.2 Å². The van der Waals surface area contributed by atoms with Gasteiger partial charge in [0, 0.05) is 19.5 Å². The van der Waals surface area contributed by atoms with Crippen LogP contribution in [0.3, 0.4) is 0 Å². The molecule has 0 aromatic heterocycles. The van der Waals surface area contributed by atoms with E-state index in [9.17, 15) is 9.59 Å². The van der Waals surface area contributed by atoms with Gasteiger partial charge in [-0.25, -0.2) is 0 Å². The van der Waals surface area contributed by atoms with Crippen LogP contribution in [0.4, 0.5) is 0 Å². The molecule has 2 rings (SSSR count). The number of rotatable bonds is 9. The van der Waals surface area contributed by atoms with E-state index in [0.717, 1.165) is 23.1 Å². The molecular formula is C23H30N2O2. The second-order valence-electron chi connectivity index (χ2n) is 6.96. The van der Waals surface area contributed by atoms with Crippen molar-refractivity contribution in [3.8, 4) is 0 Å². The SMILES string of the molecule is CCCNC(=O)[C@@H](C)N(Cc1cccc(C)c1)C(=O)CCc1ccccc1. The molecule has 1 atom stereocenters. The van der Waals surface area contributed by atoms with Gasteiger partial charge in [-0.3, -0.25) is 9.59 Å². The Balaban J connectivity index is 2.11. The van der Waals surface area contributed by atoms with E-state index in [1.807, 2.05) is 62.4 Å². The summed E-state index contributed by atoms with van der Waals surface area (Å²) in [5.74, 6) is -0.0999. The first-order valence-corrected chi connectivity index (χ1v) is 9.68. The lowest BCUT2D eigenvalue weighted by molar-refractivity contribution is -0.140. The van der Waals surface area contributed by atoms with Gasteiger partial charge in [-0.05, 0) is 37.8 Å². The van der Waals surface area contributed by atoms with Crippen molar-refractivity contribution in [3.63, 3.8) is 0 Å². The van der Waals surface area contributed by atoms with Gasteiger partial charge in [-0.2, -0.15) is 0 Å². The molecule has 0 saturated heterocycles. The van der Waals surface area contributed by atoms with Gasteiger partial charge < -0.3 is 10.2 Å². The van der Waals surface area contributed by atoms with Gasteiger partial charge in [0.15, 0.2) is 0 Å². The van der Waals surface area contributed by atoms with Crippen LogP contribution in [0, 0.1) is 6.92 Å². The summed E-state index contributed by atoms with van der Waals surface area (Å²) in [6, 6.07) is 17.5. The van der Waals surface area contributed by atoms with Crippen LogP contribution in [0.1, 0.15) is 43.4 Å². The van der Waals surface area contributed by atoms with Crippen LogP contribution >= 0.6 is 0 Å². The molecule has 1 N–H and O–H groups in total. The Morgan fingerprint density at radius 3 is 2.41 bits per heavy atom. The summed E-state index contributed by atoms with van der Waals surface area (Å²) < 4.78 is 0.